The smallest absolute Gasteiger partial charge is 0.270 e. The van der Waals surface area contributed by atoms with Crippen molar-refractivity contribution in [3.8, 4) is 0 Å². The number of likely N-dealkylation sites (tertiary alicyclic amines) is 1. The molecule has 1 aliphatic rings. The van der Waals surface area contributed by atoms with Crippen LogP contribution in [0.2, 0.25) is 5.02 Å². The molecular formula is C19H19ClN2O3S. The van der Waals surface area contributed by atoms with Crippen LogP contribution in [0.5, 0.6) is 0 Å². The van der Waals surface area contributed by atoms with E-state index in [2.05, 4.69) is 0 Å². The van der Waals surface area contributed by atoms with Gasteiger partial charge in [0.15, 0.2) is 0 Å². The summed E-state index contributed by atoms with van der Waals surface area (Å²) in [6.45, 7) is 1.58. The number of carbonyl (C=O) groups excluding carboxylic acids is 1. The Morgan fingerprint density at radius 3 is 2.38 bits per heavy atom. The van der Waals surface area contributed by atoms with Crippen LogP contribution in [0.4, 0.5) is 5.69 Å². The summed E-state index contributed by atoms with van der Waals surface area (Å²) in [7, 11) is 0. The van der Waals surface area contributed by atoms with Crippen molar-refractivity contribution in [3.05, 3.63) is 63.2 Å². The number of nitro groups is 1. The quantitative estimate of drug-likeness (QED) is 0.516. The Kier molecular flexibility index (Phi) is 6.16. The van der Waals surface area contributed by atoms with Gasteiger partial charge in [0.2, 0.25) is 0 Å². The maximum Gasteiger partial charge on any atom is 0.270 e. The lowest BCUT2D eigenvalue weighted by Gasteiger charge is -2.21. The first-order valence-electron chi connectivity index (χ1n) is 8.56. The highest BCUT2D eigenvalue weighted by Crippen LogP contribution is 2.37. The van der Waals surface area contributed by atoms with Crippen molar-refractivity contribution < 1.29 is 9.72 Å². The molecule has 0 unspecified atom stereocenters. The zero-order chi connectivity index (χ0) is 18.5. The molecule has 26 heavy (non-hydrogen) atoms. The van der Waals surface area contributed by atoms with Gasteiger partial charge in [-0.25, -0.2) is 0 Å². The summed E-state index contributed by atoms with van der Waals surface area (Å²) in [6, 6.07) is 11.8. The van der Waals surface area contributed by atoms with Gasteiger partial charge in [0, 0.05) is 35.0 Å². The minimum absolute atomic E-state index is 0.0352. The maximum atomic E-state index is 13.0. The van der Waals surface area contributed by atoms with Gasteiger partial charge < -0.3 is 4.90 Å². The summed E-state index contributed by atoms with van der Waals surface area (Å²) in [5.74, 6) is 0.0352. The molecule has 0 aromatic heterocycles. The van der Waals surface area contributed by atoms with Crippen LogP contribution in [0.1, 0.15) is 36.0 Å². The van der Waals surface area contributed by atoms with Crippen LogP contribution in [0.3, 0.4) is 0 Å². The van der Waals surface area contributed by atoms with Gasteiger partial charge in [-0.15, -0.1) is 0 Å². The monoisotopic (exact) mass is 390 g/mol. The van der Waals surface area contributed by atoms with E-state index in [0.29, 0.717) is 15.5 Å². The molecular weight excluding hydrogens is 372 g/mol. The molecule has 1 aliphatic heterocycles. The predicted octanol–water partition coefficient (Wildman–Crippen LogP) is 5.42. The van der Waals surface area contributed by atoms with E-state index in [1.807, 2.05) is 29.2 Å². The molecule has 7 heteroatoms. The number of nitro benzene ring substituents is 1. The van der Waals surface area contributed by atoms with E-state index in [4.69, 9.17) is 11.6 Å². The lowest BCUT2D eigenvalue weighted by atomic mass is 10.2. The number of benzene rings is 2. The van der Waals surface area contributed by atoms with Crippen molar-refractivity contribution >= 4 is 35.0 Å². The molecule has 1 amide bonds. The molecule has 0 bridgehead atoms. The van der Waals surface area contributed by atoms with Crippen LogP contribution in [0.15, 0.2) is 52.3 Å². The summed E-state index contributed by atoms with van der Waals surface area (Å²) >= 11 is 7.56. The summed E-state index contributed by atoms with van der Waals surface area (Å²) in [5, 5.41) is 11.2. The average Bonchev–Trinajstić information content (AvgIpc) is 2.92. The van der Waals surface area contributed by atoms with Gasteiger partial charge in [-0.05, 0) is 31.0 Å². The second-order valence-corrected chi connectivity index (χ2v) is 7.67. The molecule has 0 N–H and O–H groups in total. The summed E-state index contributed by atoms with van der Waals surface area (Å²) in [4.78, 5) is 26.8. The normalized spacial score (nSPS) is 14.7. The number of nitrogens with zero attached hydrogens (tertiary/aromatic N) is 2. The highest BCUT2D eigenvalue weighted by atomic mass is 35.5. The molecule has 0 saturated carbocycles. The molecule has 136 valence electrons. The Morgan fingerprint density at radius 2 is 1.73 bits per heavy atom. The van der Waals surface area contributed by atoms with Crippen molar-refractivity contribution in [3.63, 3.8) is 0 Å². The zero-order valence-corrected chi connectivity index (χ0v) is 15.8. The van der Waals surface area contributed by atoms with E-state index in [-0.39, 0.29) is 11.6 Å². The standard InChI is InChI=1S/C19H19ClN2O3S/c20-16-13-14(22(24)25)9-10-18(16)26-17-8-4-3-7-15(17)19(23)21-11-5-1-2-6-12-21/h3-4,7-10,13H,1-2,5-6,11-12H2. The summed E-state index contributed by atoms with van der Waals surface area (Å²) in [5.41, 5.74) is 0.599. The number of hydrogen-bond acceptors (Lipinski definition) is 4. The molecule has 0 radical (unpaired) electrons. The van der Waals surface area contributed by atoms with E-state index in [1.165, 1.54) is 36.7 Å². The van der Waals surface area contributed by atoms with Gasteiger partial charge in [-0.1, -0.05) is 48.3 Å². The Labute approximate surface area is 161 Å². The fraction of sp³-hybridized carbons (Fsp3) is 0.316. The largest absolute Gasteiger partial charge is 0.339 e. The molecule has 1 heterocycles. The van der Waals surface area contributed by atoms with Gasteiger partial charge >= 0.3 is 0 Å². The van der Waals surface area contributed by atoms with Gasteiger partial charge in [0.1, 0.15) is 0 Å². The van der Waals surface area contributed by atoms with Crippen LogP contribution < -0.4 is 0 Å². The van der Waals surface area contributed by atoms with E-state index < -0.39 is 4.92 Å². The summed E-state index contributed by atoms with van der Waals surface area (Å²) in [6.07, 6.45) is 4.40. The van der Waals surface area contributed by atoms with Crippen LogP contribution in [-0.4, -0.2) is 28.8 Å². The van der Waals surface area contributed by atoms with Crippen molar-refractivity contribution in [1.29, 1.82) is 0 Å². The Morgan fingerprint density at radius 1 is 1.04 bits per heavy atom. The minimum Gasteiger partial charge on any atom is -0.339 e. The molecule has 2 aromatic carbocycles. The van der Waals surface area contributed by atoms with Crippen molar-refractivity contribution in [2.45, 2.75) is 35.5 Å². The number of halogens is 1. The summed E-state index contributed by atoms with van der Waals surface area (Å²) < 4.78 is 0. The molecule has 3 rings (SSSR count). The van der Waals surface area contributed by atoms with E-state index in [0.717, 1.165) is 30.8 Å². The molecule has 0 aliphatic carbocycles. The molecule has 0 spiro atoms. The molecule has 5 nitrogen and oxygen atoms in total. The fourth-order valence-corrected chi connectivity index (χ4v) is 4.21. The first kappa shape index (κ1) is 18.7. The Bertz CT molecular complexity index is 820. The highest BCUT2D eigenvalue weighted by Gasteiger charge is 2.21. The number of carbonyl (C=O) groups is 1. The number of hydrogen-bond donors (Lipinski definition) is 0. The molecule has 0 atom stereocenters. The van der Waals surface area contributed by atoms with Crippen LogP contribution in [0.25, 0.3) is 0 Å². The molecule has 1 fully saturated rings. The molecule has 1 saturated heterocycles. The lowest BCUT2D eigenvalue weighted by Crippen LogP contribution is -2.32. The first-order chi connectivity index (χ1) is 12.6. The van der Waals surface area contributed by atoms with Crippen LogP contribution in [-0.2, 0) is 0 Å². The Balaban J connectivity index is 1.85. The van der Waals surface area contributed by atoms with Crippen LogP contribution >= 0.6 is 23.4 Å². The van der Waals surface area contributed by atoms with E-state index in [9.17, 15) is 14.9 Å². The van der Waals surface area contributed by atoms with Gasteiger partial charge in [-0.3, -0.25) is 14.9 Å². The SMILES string of the molecule is O=C(c1ccccc1Sc1ccc([N+](=O)[O-])cc1Cl)N1CCCCCC1. The van der Waals surface area contributed by atoms with Crippen molar-refractivity contribution in [1.82, 2.24) is 4.90 Å². The molecule has 2 aromatic rings. The van der Waals surface area contributed by atoms with Crippen LogP contribution in [0, 0.1) is 10.1 Å². The highest BCUT2D eigenvalue weighted by molar-refractivity contribution is 7.99. The minimum atomic E-state index is -0.475. The van der Waals surface area contributed by atoms with Crippen molar-refractivity contribution in [2.24, 2.45) is 0 Å². The predicted molar refractivity (Wildman–Crippen MR) is 103 cm³/mol. The number of amides is 1. The maximum absolute atomic E-state index is 13.0. The van der Waals surface area contributed by atoms with E-state index >= 15 is 0 Å². The third-order valence-corrected chi connectivity index (χ3v) is 5.93. The second kappa shape index (κ2) is 8.56. The number of rotatable bonds is 4. The first-order valence-corrected chi connectivity index (χ1v) is 9.76. The van der Waals surface area contributed by atoms with Gasteiger partial charge in [0.05, 0.1) is 15.5 Å². The fourth-order valence-electron chi connectivity index (χ4n) is 2.98. The third kappa shape index (κ3) is 4.37. The van der Waals surface area contributed by atoms with Gasteiger partial charge in [0.25, 0.3) is 11.6 Å². The average molecular weight is 391 g/mol. The second-order valence-electron chi connectivity index (χ2n) is 6.18. The lowest BCUT2D eigenvalue weighted by molar-refractivity contribution is -0.384. The van der Waals surface area contributed by atoms with Crippen molar-refractivity contribution in [2.75, 3.05) is 13.1 Å². The zero-order valence-electron chi connectivity index (χ0n) is 14.2. The third-order valence-electron chi connectivity index (χ3n) is 4.36. The number of non-ortho nitro benzene ring substituents is 1. The van der Waals surface area contributed by atoms with Gasteiger partial charge in [-0.2, -0.15) is 0 Å². The topological polar surface area (TPSA) is 63.4 Å². The van der Waals surface area contributed by atoms with E-state index in [1.54, 1.807) is 6.07 Å². The Hall–Kier alpha value is -2.05.